The fraction of sp³-hybridized carbons (Fsp3) is 0.600. The van der Waals surface area contributed by atoms with Crippen molar-refractivity contribution >= 4 is 0 Å². The maximum absolute atomic E-state index is 13.4. The smallest absolute Gasteiger partial charge is 0.129 e. The molecule has 0 aliphatic carbocycles. The molecule has 2 unspecified atom stereocenters. The van der Waals surface area contributed by atoms with Crippen LogP contribution in [0.5, 0.6) is 5.75 Å². The third-order valence-electron chi connectivity index (χ3n) is 3.57. The van der Waals surface area contributed by atoms with E-state index in [1.54, 1.807) is 13.0 Å². The van der Waals surface area contributed by atoms with Gasteiger partial charge in [-0.25, -0.2) is 4.39 Å². The van der Waals surface area contributed by atoms with Crippen LogP contribution in [-0.2, 0) is 4.74 Å². The average Bonchev–Trinajstić information content (AvgIpc) is 2.92. The molecule has 1 aliphatic heterocycles. The molecular formula is C15H22FNO2. The highest BCUT2D eigenvalue weighted by atomic mass is 19.1. The van der Waals surface area contributed by atoms with Crippen LogP contribution in [0.15, 0.2) is 18.2 Å². The molecule has 19 heavy (non-hydrogen) atoms. The van der Waals surface area contributed by atoms with Gasteiger partial charge in [0, 0.05) is 24.6 Å². The van der Waals surface area contributed by atoms with Crippen LogP contribution in [0.25, 0.3) is 0 Å². The van der Waals surface area contributed by atoms with Gasteiger partial charge in [0.2, 0.25) is 0 Å². The summed E-state index contributed by atoms with van der Waals surface area (Å²) in [4.78, 5) is 0. The number of halogens is 1. The van der Waals surface area contributed by atoms with E-state index in [0.29, 0.717) is 23.8 Å². The lowest BCUT2D eigenvalue weighted by Crippen LogP contribution is -2.41. The van der Waals surface area contributed by atoms with Crippen molar-refractivity contribution in [1.82, 2.24) is 5.32 Å². The van der Waals surface area contributed by atoms with Crippen molar-refractivity contribution in [2.45, 2.75) is 26.3 Å². The number of ether oxygens (including phenoxy) is 2. The Kier molecular flexibility index (Phi) is 5.16. The average molecular weight is 267 g/mol. The molecule has 0 spiro atoms. The van der Waals surface area contributed by atoms with E-state index in [4.69, 9.17) is 9.47 Å². The molecule has 0 radical (unpaired) electrons. The zero-order chi connectivity index (χ0) is 13.7. The molecule has 1 saturated heterocycles. The molecule has 0 bridgehead atoms. The molecule has 1 aromatic carbocycles. The predicted molar refractivity (Wildman–Crippen MR) is 73.0 cm³/mol. The summed E-state index contributed by atoms with van der Waals surface area (Å²) >= 11 is 0. The fourth-order valence-electron chi connectivity index (χ4n) is 2.34. The van der Waals surface area contributed by atoms with Crippen molar-refractivity contribution in [3.8, 4) is 5.75 Å². The minimum absolute atomic E-state index is 0.221. The minimum atomic E-state index is -0.221. The second-order valence-corrected chi connectivity index (χ2v) is 5.01. The zero-order valence-electron chi connectivity index (χ0n) is 11.6. The Morgan fingerprint density at radius 2 is 2.37 bits per heavy atom. The van der Waals surface area contributed by atoms with Gasteiger partial charge in [-0.15, -0.1) is 0 Å². The Balaban J connectivity index is 1.91. The first-order chi connectivity index (χ1) is 9.20. The molecule has 0 aromatic heterocycles. The molecule has 1 N–H and O–H groups in total. The van der Waals surface area contributed by atoms with Gasteiger partial charge in [-0.2, -0.15) is 0 Å². The molecule has 2 atom stereocenters. The lowest BCUT2D eigenvalue weighted by molar-refractivity contribution is 0.160. The van der Waals surface area contributed by atoms with Crippen LogP contribution in [0.4, 0.5) is 4.39 Å². The molecule has 0 amide bonds. The summed E-state index contributed by atoms with van der Waals surface area (Å²) in [5.74, 6) is 0.849. The highest BCUT2D eigenvalue weighted by Crippen LogP contribution is 2.20. The highest BCUT2D eigenvalue weighted by molar-refractivity contribution is 5.28. The summed E-state index contributed by atoms with van der Waals surface area (Å²) < 4.78 is 24.6. The summed E-state index contributed by atoms with van der Waals surface area (Å²) in [5, 5.41) is 3.42. The molecule has 1 aliphatic rings. The van der Waals surface area contributed by atoms with E-state index in [-0.39, 0.29) is 11.9 Å². The van der Waals surface area contributed by atoms with Gasteiger partial charge in [0.1, 0.15) is 18.2 Å². The first kappa shape index (κ1) is 14.3. The van der Waals surface area contributed by atoms with E-state index in [9.17, 15) is 4.39 Å². The molecule has 1 fully saturated rings. The lowest BCUT2D eigenvalue weighted by atomic mass is 10.00. The van der Waals surface area contributed by atoms with Crippen molar-refractivity contribution < 1.29 is 13.9 Å². The number of hydrogen-bond acceptors (Lipinski definition) is 3. The Morgan fingerprint density at radius 3 is 3.00 bits per heavy atom. The second-order valence-electron chi connectivity index (χ2n) is 5.01. The second kappa shape index (κ2) is 6.87. The van der Waals surface area contributed by atoms with Crippen molar-refractivity contribution in [2.24, 2.45) is 5.92 Å². The van der Waals surface area contributed by atoms with E-state index < -0.39 is 0 Å². The Hall–Kier alpha value is -1.13. The van der Waals surface area contributed by atoms with Gasteiger partial charge >= 0.3 is 0 Å². The monoisotopic (exact) mass is 267 g/mol. The third-order valence-corrected chi connectivity index (χ3v) is 3.57. The molecule has 0 saturated carbocycles. The molecule has 3 nitrogen and oxygen atoms in total. The van der Waals surface area contributed by atoms with Crippen LogP contribution in [-0.4, -0.2) is 32.4 Å². The van der Waals surface area contributed by atoms with E-state index in [2.05, 4.69) is 12.2 Å². The van der Waals surface area contributed by atoms with Crippen LogP contribution in [0.3, 0.4) is 0 Å². The SMILES string of the molecule is CCNC(COc1ccc(C)c(F)c1)C1CCOC1. The Labute approximate surface area is 114 Å². The van der Waals surface area contributed by atoms with Crippen molar-refractivity contribution in [2.75, 3.05) is 26.4 Å². The Morgan fingerprint density at radius 1 is 1.53 bits per heavy atom. The van der Waals surface area contributed by atoms with Gasteiger partial charge in [0.05, 0.1) is 6.61 Å². The summed E-state index contributed by atoms with van der Waals surface area (Å²) in [5.41, 5.74) is 0.639. The quantitative estimate of drug-likeness (QED) is 0.859. The molecule has 1 heterocycles. The normalized spacial score (nSPS) is 20.5. The molecule has 4 heteroatoms. The maximum Gasteiger partial charge on any atom is 0.129 e. The van der Waals surface area contributed by atoms with Gasteiger partial charge in [-0.05, 0) is 31.5 Å². The minimum Gasteiger partial charge on any atom is -0.492 e. The van der Waals surface area contributed by atoms with Crippen LogP contribution in [0.1, 0.15) is 18.9 Å². The predicted octanol–water partition coefficient (Wildman–Crippen LogP) is 2.53. The summed E-state index contributed by atoms with van der Waals surface area (Å²) in [7, 11) is 0. The lowest BCUT2D eigenvalue weighted by Gasteiger charge is -2.23. The van der Waals surface area contributed by atoms with Crippen LogP contribution in [0.2, 0.25) is 0 Å². The first-order valence-corrected chi connectivity index (χ1v) is 6.90. The number of aryl methyl sites for hydroxylation is 1. The van der Waals surface area contributed by atoms with E-state index in [1.165, 1.54) is 6.07 Å². The van der Waals surface area contributed by atoms with Gasteiger partial charge in [-0.1, -0.05) is 13.0 Å². The third kappa shape index (κ3) is 3.91. The van der Waals surface area contributed by atoms with Crippen molar-refractivity contribution in [1.29, 1.82) is 0 Å². The van der Waals surface area contributed by atoms with Crippen LogP contribution < -0.4 is 10.1 Å². The standard InChI is InChI=1S/C15H22FNO2/c1-3-17-15(12-6-7-18-9-12)10-19-13-5-4-11(2)14(16)8-13/h4-5,8,12,15,17H,3,6-7,9-10H2,1-2H3. The number of likely N-dealkylation sites (N-methyl/N-ethyl adjacent to an activating group) is 1. The van der Waals surface area contributed by atoms with Gasteiger partial charge < -0.3 is 14.8 Å². The van der Waals surface area contributed by atoms with Gasteiger partial charge in [-0.3, -0.25) is 0 Å². The van der Waals surface area contributed by atoms with E-state index in [1.807, 2.05) is 6.07 Å². The number of rotatable bonds is 6. The summed E-state index contributed by atoms with van der Waals surface area (Å²) in [6.07, 6.45) is 1.06. The Bertz CT molecular complexity index is 405. The topological polar surface area (TPSA) is 30.5 Å². The van der Waals surface area contributed by atoms with Crippen LogP contribution in [0, 0.1) is 18.7 Å². The van der Waals surface area contributed by atoms with Gasteiger partial charge in [0.25, 0.3) is 0 Å². The molecular weight excluding hydrogens is 245 g/mol. The van der Waals surface area contributed by atoms with Crippen molar-refractivity contribution in [3.05, 3.63) is 29.6 Å². The molecule has 1 aromatic rings. The summed E-state index contributed by atoms with van der Waals surface area (Å²) in [6, 6.07) is 5.26. The maximum atomic E-state index is 13.4. The fourth-order valence-corrected chi connectivity index (χ4v) is 2.34. The number of nitrogens with one attached hydrogen (secondary N) is 1. The largest absolute Gasteiger partial charge is 0.492 e. The molecule has 2 rings (SSSR count). The van der Waals surface area contributed by atoms with E-state index in [0.717, 1.165) is 26.2 Å². The molecule has 106 valence electrons. The van der Waals surface area contributed by atoms with Gasteiger partial charge in [0.15, 0.2) is 0 Å². The summed E-state index contributed by atoms with van der Waals surface area (Å²) in [6.45, 7) is 6.87. The number of hydrogen-bond donors (Lipinski definition) is 1. The zero-order valence-corrected chi connectivity index (χ0v) is 11.6. The highest BCUT2D eigenvalue weighted by Gasteiger charge is 2.25. The first-order valence-electron chi connectivity index (χ1n) is 6.90. The van der Waals surface area contributed by atoms with Crippen molar-refractivity contribution in [3.63, 3.8) is 0 Å². The number of benzene rings is 1. The van der Waals surface area contributed by atoms with E-state index >= 15 is 0 Å². The van der Waals surface area contributed by atoms with Crippen LogP contribution >= 0.6 is 0 Å².